The molecule has 2 atom stereocenters. The van der Waals surface area contributed by atoms with Gasteiger partial charge in [0.1, 0.15) is 5.75 Å². The van der Waals surface area contributed by atoms with Crippen molar-refractivity contribution in [3.63, 3.8) is 0 Å². The molecule has 3 nitrogen and oxygen atoms in total. The highest BCUT2D eigenvalue weighted by Gasteiger charge is 2.41. The SMILES string of the molecule is CC(C)[C@H]1Oc2ccccc2[C@H]2CC(c3cccs3)=NN21. The van der Waals surface area contributed by atoms with E-state index in [-0.39, 0.29) is 6.23 Å². The van der Waals surface area contributed by atoms with Gasteiger partial charge in [-0.15, -0.1) is 11.3 Å². The van der Waals surface area contributed by atoms with Crippen molar-refractivity contribution in [2.24, 2.45) is 11.0 Å². The fourth-order valence-electron chi connectivity index (χ4n) is 3.09. The summed E-state index contributed by atoms with van der Waals surface area (Å²) in [6.45, 7) is 4.38. The highest BCUT2D eigenvalue weighted by molar-refractivity contribution is 7.12. The molecular formula is C17H18N2OS. The summed E-state index contributed by atoms with van der Waals surface area (Å²) in [4.78, 5) is 1.27. The van der Waals surface area contributed by atoms with Crippen molar-refractivity contribution in [1.82, 2.24) is 5.01 Å². The Bertz CT molecular complexity index is 678. The summed E-state index contributed by atoms with van der Waals surface area (Å²) in [6.07, 6.45) is 0.978. The van der Waals surface area contributed by atoms with Crippen LogP contribution in [0.3, 0.4) is 0 Å². The fraction of sp³-hybridized carbons (Fsp3) is 0.353. The normalized spacial score (nSPS) is 23.6. The van der Waals surface area contributed by atoms with Gasteiger partial charge in [0.25, 0.3) is 0 Å². The van der Waals surface area contributed by atoms with E-state index in [4.69, 9.17) is 9.84 Å². The lowest BCUT2D eigenvalue weighted by Gasteiger charge is -2.39. The molecule has 4 heteroatoms. The van der Waals surface area contributed by atoms with Crippen LogP contribution in [-0.4, -0.2) is 16.9 Å². The number of benzene rings is 1. The molecule has 0 N–H and O–H groups in total. The Balaban J connectivity index is 1.76. The zero-order chi connectivity index (χ0) is 14.4. The summed E-state index contributed by atoms with van der Waals surface area (Å²) in [7, 11) is 0. The molecule has 2 aliphatic rings. The standard InChI is InChI=1S/C17H18N2OS/c1-11(2)17-19-14(12-6-3-4-7-15(12)20-17)10-13(18-19)16-8-5-9-21-16/h3-9,11,14,17H,10H2,1-2H3/t14-,17-/m1/s1. The van der Waals surface area contributed by atoms with Gasteiger partial charge in [-0.05, 0) is 17.5 Å². The Kier molecular flexibility index (Phi) is 3.00. The summed E-state index contributed by atoms with van der Waals surface area (Å²) >= 11 is 1.76. The average molecular weight is 298 g/mol. The van der Waals surface area contributed by atoms with Crippen LogP contribution < -0.4 is 4.74 Å². The predicted molar refractivity (Wildman–Crippen MR) is 85.7 cm³/mol. The predicted octanol–water partition coefficient (Wildman–Crippen LogP) is 4.27. The van der Waals surface area contributed by atoms with Gasteiger partial charge in [0.2, 0.25) is 0 Å². The molecule has 2 aromatic rings. The zero-order valence-electron chi connectivity index (χ0n) is 12.2. The molecule has 4 rings (SSSR count). The molecule has 1 aromatic carbocycles. The second-order valence-electron chi connectivity index (χ2n) is 5.91. The molecule has 108 valence electrons. The molecule has 0 spiro atoms. The van der Waals surface area contributed by atoms with E-state index < -0.39 is 0 Å². The van der Waals surface area contributed by atoms with Crippen LogP contribution in [0.2, 0.25) is 0 Å². The molecule has 0 radical (unpaired) electrons. The minimum atomic E-state index is 0.0161. The Morgan fingerprint density at radius 3 is 2.86 bits per heavy atom. The van der Waals surface area contributed by atoms with Crippen LogP contribution in [0, 0.1) is 5.92 Å². The van der Waals surface area contributed by atoms with Crippen molar-refractivity contribution in [1.29, 1.82) is 0 Å². The first-order chi connectivity index (χ1) is 10.2. The van der Waals surface area contributed by atoms with Crippen molar-refractivity contribution in [2.45, 2.75) is 32.5 Å². The Labute approximate surface area is 128 Å². The minimum absolute atomic E-state index is 0.0161. The van der Waals surface area contributed by atoms with Gasteiger partial charge in [-0.3, -0.25) is 0 Å². The van der Waals surface area contributed by atoms with E-state index in [0.29, 0.717) is 12.0 Å². The maximum atomic E-state index is 6.20. The number of ether oxygens (including phenoxy) is 1. The monoisotopic (exact) mass is 298 g/mol. The summed E-state index contributed by atoms with van der Waals surface area (Å²) in [5, 5.41) is 9.17. The van der Waals surface area contributed by atoms with E-state index in [2.05, 4.69) is 54.6 Å². The summed E-state index contributed by atoms with van der Waals surface area (Å²) < 4.78 is 6.20. The second-order valence-corrected chi connectivity index (χ2v) is 6.86. The van der Waals surface area contributed by atoms with E-state index in [0.717, 1.165) is 12.2 Å². The third-order valence-corrected chi connectivity index (χ3v) is 5.02. The van der Waals surface area contributed by atoms with E-state index in [1.54, 1.807) is 11.3 Å². The van der Waals surface area contributed by atoms with Crippen LogP contribution in [0.1, 0.15) is 36.8 Å². The minimum Gasteiger partial charge on any atom is -0.468 e. The lowest BCUT2D eigenvalue weighted by atomic mass is 9.97. The fourth-order valence-corrected chi connectivity index (χ4v) is 3.82. The van der Waals surface area contributed by atoms with Gasteiger partial charge in [0.15, 0.2) is 6.23 Å². The molecule has 0 bridgehead atoms. The van der Waals surface area contributed by atoms with Gasteiger partial charge in [-0.25, -0.2) is 5.01 Å². The van der Waals surface area contributed by atoms with Gasteiger partial charge < -0.3 is 4.74 Å². The molecule has 0 fully saturated rings. The molecular weight excluding hydrogens is 280 g/mol. The maximum absolute atomic E-state index is 6.20. The van der Waals surface area contributed by atoms with Crippen LogP contribution in [0.25, 0.3) is 0 Å². The third-order valence-electron chi connectivity index (χ3n) is 4.10. The molecule has 21 heavy (non-hydrogen) atoms. The zero-order valence-corrected chi connectivity index (χ0v) is 13.0. The number of hydrogen-bond acceptors (Lipinski definition) is 4. The van der Waals surface area contributed by atoms with E-state index in [1.807, 2.05) is 6.07 Å². The highest BCUT2D eigenvalue weighted by atomic mass is 32.1. The smallest absolute Gasteiger partial charge is 0.190 e. The van der Waals surface area contributed by atoms with Crippen molar-refractivity contribution < 1.29 is 4.74 Å². The van der Waals surface area contributed by atoms with Gasteiger partial charge in [-0.1, -0.05) is 38.1 Å². The number of nitrogens with zero attached hydrogens (tertiary/aromatic N) is 2. The van der Waals surface area contributed by atoms with Crippen LogP contribution >= 0.6 is 11.3 Å². The molecule has 3 heterocycles. The summed E-state index contributed by atoms with van der Waals surface area (Å²) in [6, 6.07) is 12.9. The van der Waals surface area contributed by atoms with Crippen molar-refractivity contribution >= 4 is 17.0 Å². The maximum Gasteiger partial charge on any atom is 0.190 e. The molecule has 0 aliphatic carbocycles. The highest BCUT2D eigenvalue weighted by Crippen LogP contribution is 2.44. The molecule has 2 aliphatic heterocycles. The van der Waals surface area contributed by atoms with E-state index >= 15 is 0 Å². The van der Waals surface area contributed by atoms with Gasteiger partial charge in [0.05, 0.1) is 16.6 Å². The quantitative estimate of drug-likeness (QED) is 0.827. The second kappa shape index (κ2) is 4.88. The van der Waals surface area contributed by atoms with Gasteiger partial charge in [0, 0.05) is 17.9 Å². The van der Waals surface area contributed by atoms with Crippen LogP contribution in [-0.2, 0) is 0 Å². The van der Waals surface area contributed by atoms with Crippen molar-refractivity contribution in [3.05, 3.63) is 52.2 Å². The first kappa shape index (κ1) is 12.9. The van der Waals surface area contributed by atoms with Crippen LogP contribution in [0.4, 0.5) is 0 Å². The van der Waals surface area contributed by atoms with Crippen LogP contribution in [0.15, 0.2) is 46.9 Å². The molecule has 1 aromatic heterocycles. The lowest BCUT2D eigenvalue weighted by Crippen LogP contribution is -2.43. The number of thiophene rings is 1. The van der Waals surface area contributed by atoms with Gasteiger partial charge in [-0.2, -0.15) is 5.10 Å². The topological polar surface area (TPSA) is 24.8 Å². The Morgan fingerprint density at radius 2 is 2.10 bits per heavy atom. The number of rotatable bonds is 2. The summed E-state index contributed by atoms with van der Waals surface area (Å²) in [5.74, 6) is 1.41. The largest absolute Gasteiger partial charge is 0.468 e. The molecule has 0 amide bonds. The number of para-hydroxylation sites is 1. The van der Waals surface area contributed by atoms with Crippen LogP contribution in [0.5, 0.6) is 5.75 Å². The lowest BCUT2D eigenvalue weighted by molar-refractivity contribution is -0.0461. The van der Waals surface area contributed by atoms with E-state index in [1.165, 1.54) is 16.2 Å². The number of hydrazone groups is 1. The van der Waals surface area contributed by atoms with E-state index in [9.17, 15) is 0 Å². The average Bonchev–Trinajstić information content (AvgIpc) is 3.15. The Hall–Kier alpha value is -1.81. The van der Waals surface area contributed by atoms with Gasteiger partial charge >= 0.3 is 0 Å². The third kappa shape index (κ3) is 2.05. The van der Waals surface area contributed by atoms with Crippen molar-refractivity contribution in [2.75, 3.05) is 0 Å². The number of fused-ring (bicyclic) bond motifs is 3. The first-order valence-electron chi connectivity index (χ1n) is 7.39. The van der Waals surface area contributed by atoms with Crippen molar-refractivity contribution in [3.8, 4) is 5.75 Å². The number of hydrogen-bond donors (Lipinski definition) is 0. The molecule has 0 saturated carbocycles. The molecule has 0 unspecified atom stereocenters. The Morgan fingerprint density at radius 1 is 1.24 bits per heavy atom. The first-order valence-corrected chi connectivity index (χ1v) is 8.27. The summed E-state index contributed by atoms with van der Waals surface area (Å²) in [5.41, 5.74) is 2.44. The molecule has 0 saturated heterocycles.